The molecule has 1 fully saturated rings. The molecular formula is C21H22N4O4. The summed E-state index contributed by atoms with van der Waals surface area (Å²) in [6.07, 6.45) is 5.21. The van der Waals surface area contributed by atoms with Crippen LogP contribution in [0, 0.1) is 6.92 Å². The summed E-state index contributed by atoms with van der Waals surface area (Å²) >= 11 is 0. The second kappa shape index (κ2) is 7.27. The van der Waals surface area contributed by atoms with E-state index < -0.39 is 0 Å². The van der Waals surface area contributed by atoms with Gasteiger partial charge < -0.3 is 19.1 Å². The summed E-state index contributed by atoms with van der Waals surface area (Å²) in [5, 5.41) is 0. The smallest absolute Gasteiger partial charge is 0.259 e. The number of rotatable bonds is 3. The van der Waals surface area contributed by atoms with Gasteiger partial charge in [0.15, 0.2) is 11.5 Å². The first kappa shape index (κ1) is 17.8. The van der Waals surface area contributed by atoms with Gasteiger partial charge in [-0.1, -0.05) is 0 Å². The molecule has 8 nitrogen and oxygen atoms in total. The number of hydrogen-bond donors (Lipinski definition) is 0. The lowest BCUT2D eigenvalue weighted by Crippen LogP contribution is -2.39. The van der Waals surface area contributed by atoms with E-state index >= 15 is 0 Å². The van der Waals surface area contributed by atoms with Gasteiger partial charge in [-0.05, 0) is 19.1 Å². The predicted molar refractivity (Wildman–Crippen MR) is 107 cm³/mol. The number of piperidine rings is 1. The first-order chi connectivity index (χ1) is 14.2. The van der Waals surface area contributed by atoms with Crippen LogP contribution in [0.4, 0.5) is 5.82 Å². The third kappa shape index (κ3) is 3.46. The van der Waals surface area contributed by atoms with Gasteiger partial charge in [0, 0.05) is 56.0 Å². The maximum absolute atomic E-state index is 12.0. The molecule has 0 aliphatic carbocycles. The molecule has 0 N–H and O–H groups in total. The fourth-order valence-electron chi connectivity index (χ4n) is 3.84. The maximum atomic E-state index is 12.0. The van der Waals surface area contributed by atoms with Crippen molar-refractivity contribution >= 4 is 11.6 Å². The van der Waals surface area contributed by atoms with Gasteiger partial charge in [0.25, 0.3) is 5.56 Å². The van der Waals surface area contributed by atoms with Crippen molar-refractivity contribution in [3.63, 3.8) is 0 Å². The summed E-state index contributed by atoms with van der Waals surface area (Å²) in [5.74, 6) is 3.61. The van der Waals surface area contributed by atoms with Crippen molar-refractivity contribution in [1.29, 1.82) is 0 Å². The van der Waals surface area contributed by atoms with E-state index in [1.165, 1.54) is 16.7 Å². The Morgan fingerprint density at radius 3 is 2.72 bits per heavy atom. The molecule has 29 heavy (non-hydrogen) atoms. The van der Waals surface area contributed by atoms with Gasteiger partial charge in [-0.15, -0.1) is 0 Å². The van der Waals surface area contributed by atoms with Crippen molar-refractivity contribution < 1.29 is 14.2 Å². The molecule has 3 aromatic rings. The van der Waals surface area contributed by atoms with E-state index in [2.05, 4.69) is 14.9 Å². The van der Waals surface area contributed by atoms with Gasteiger partial charge in [0.1, 0.15) is 30.9 Å². The molecule has 0 spiro atoms. The second-order valence-corrected chi connectivity index (χ2v) is 7.31. The number of fused-ring (bicyclic) bond motifs is 2. The molecule has 8 heteroatoms. The fraction of sp³-hybridized carbons (Fsp3) is 0.381. The summed E-state index contributed by atoms with van der Waals surface area (Å²) in [5.41, 5.74) is 0.836. The molecular weight excluding hydrogens is 372 g/mol. The highest BCUT2D eigenvalue weighted by Crippen LogP contribution is 2.34. The predicted octanol–water partition coefficient (Wildman–Crippen LogP) is 2.22. The lowest BCUT2D eigenvalue weighted by Gasteiger charge is -2.33. The zero-order chi connectivity index (χ0) is 19.8. The minimum absolute atomic E-state index is 0.122. The molecule has 2 aromatic heterocycles. The number of aromatic nitrogens is 3. The van der Waals surface area contributed by atoms with Crippen LogP contribution in [0.5, 0.6) is 17.2 Å². The largest absolute Gasteiger partial charge is 0.490 e. The number of hydrogen-bond acceptors (Lipinski definition) is 7. The van der Waals surface area contributed by atoms with Crippen LogP contribution >= 0.6 is 0 Å². The summed E-state index contributed by atoms with van der Waals surface area (Å²) < 4.78 is 18.9. The third-order valence-electron chi connectivity index (χ3n) is 5.30. The molecule has 0 atom stereocenters. The van der Waals surface area contributed by atoms with Crippen LogP contribution in [-0.4, -0.2) is 46.8 Å². The molecule has 0 unspecified atom stereocenters. The third-order valence-corrected chi connectivity index (χ3v) is 5.30. The van der Waals surface area contributed by atoms with Gasteiger partial charge in [-0.25, -0.2) is 4.98 Å². The van der Waals surface area contributed by atoms with Crippen LogP contribution in [0.2, 0.25) is 0 Å². The highest BCUT2D eigenvalue weighted by Gasteiger charge is 2.24. The van der Waals surface area contributed by atoms with E-state index in [-0.39, 0.29) is 11.7 Å². The Hall–Kier alpha value is -3.29. The Labute approximate surface area is 167 Å². The molecule has 0 amide bonds. The minimum Gasteiger partial charge on any atom is -0.490 e. The topological polar surface area (TPSA) is 78.2 Å². The fourth-order valence-corrected chi connectivity index (χ4v) is 3.84. The molecule has 1 saturated heterocycles. The van der Waals surface area contributed by atoms with Gasteiger partial charge in [0.2, 0.25) is 5.78 Å². The van der Waals surface area contributed by atoms with E-state index in [9.17, 15) is 4.79 Å². The lowest BCUT2D eigenvalue weighted by molar-refractivity contribution is 0.159. The van der Waals surface area contributed by atoms with E-state index in [0.717, 1.165) is 54.6 Å². The SMILES string of the molecule is Cc1cn2c(=O)ccnc2nc1N1CCC(Oc2ccc3c(c2)OCCO3)CC1. The first-order valence-corrected chi connectivity index (χ1v) is 9.84. The van der Waals surface area contributed by atoms with Crippen molar-refractivity contribution in [2.45, 2.75) is 25.9 Å². The van der Waals surface area contributed by atoms with E-state index in [1.54, 1.807) is 0 Å². The average molecular weight is 394 g/mol. The molecule has 150 valence electrons. The normalized spacial score (nSPS) is 16.8. The van der Waals surface area contributed by atoms with Crippen LogP contribution in [0.15, 0.2) is 41.5 Å². The van der Waals surface area contributed by atoms with Gasteiger partial charge in [0.05, 0.1) is 0 Å². The van der Waals surface area contributed by atoms with Crippen LogP contribution in [0.3, 0.4) is 0 Å². The van der Waals surface area contributed by atoms with Crippen LogP contribution in [0.25, 0.3) is 5.78 Å². The Bertz CT molecular complexity index is 1110. The Morgan fingerprint density at radius 1 is 1.10 bits per heavy atom. The highest BCUT2D eigenvalue weighted by atomic mass is 16.6. The van der Waals surface area contributed by atoms with Gasteiger partial charge >= 0.3 is 0 Å². The van der Waals surface area contributed by atoms with Gasteiger partial charge in [-0.2, -0.15) is 4.98 Å². The van der Waals surface area contributed by atoms with Crippen LogP contribution in [-0.2, 0) is 0 Å². The zero-order valence-corrected chi connectivity index (χ0v) is 16.2. The Balaban J connectivity index is 1.28. The number of nitrogens with zero attached hydrogens (tertiary/aromatic N) is 4. The standard InChI is InChI=1S/C21H22N4O4/c1-14-13-25-19(26)4-7-22-21(25)23-20(14)24-8-5-15(6-9-24)29-16-2-3-17-18(12-16)28-11-10-27-17/h2-4,7,12-13,15H,5-6,8-11H2,1H3. The van der Waals surface area contributed by atoms with E-state index in [1.807, 2.05) is 31.3 Å². The molecule has 2 aliphatic heterocycles. The monoisotopic (exact) mass is 394 g/mol. The van der Waals surface area contributed by atoms with Gasteiger partial charge in [-0.3, -0.25) is 9.20 Å². The van der Waals surface area contributed by atoms with E-state index in [0.29, 0.717) is 19.0 Å². The summed E-state index contributed by atoms with van der Waals surface area (Å²) in [7, 11) is 0. The molecule has 1 aromatic carbocycles. The van der Waals surface area contributed by atoms with Crippen molar-refractivity contribution in [3.8, 4) is 17.2 Å². The van der Waals surface area contributed by atoms with Crippen LogP contribution in [0.1, 0.15) is 18.4 Å². The molecule has 4 heterocycles. The van der Waals surface area contributed by atoms with Crippen molar-refractivity contribution in [2.24, 2.45) is 0 Å². The quantitative estimate of drug-likeness (QED) is 0.674. The molecule has 5 rings (SSSR count). The number of ether oxygens (including phenoxy) is 3. The molecule has 0 radical (unpaired) electrons. The average Bonchev–Trinajstić information content (AvgIpc) is 2.75. The second-order valence-electron chi connectivity index (χ2n) is 7.31. The Morgan fingerprint density at radius 2 is 1.90 bits per heavy atom. The molecule has 2 aliphatic rings. The van der Waals surface area contributed by atoms with E-state index in [4.69, 9.17) is 14.2 Å². The zero-order valence-electron chi connectivity index (χ0n) is 16.2. The maximum Gasteiger partial charge on any atom is 0.259 e. The Kier molecular flexibility index (Phi) is 4.46. The number of aryl methyl sites for hydroxylation is 1. The van der Waals surface area contributed by atoms with Crippen molar-refractivity contribution in [2.75, 3.05) is 31.2 Å². The summed E-state index contributed by atoms with van der Waals surface area (Å²) in [6.45, 7) is 4.78. The first-order valence-electron chi connectivity index (χ1n) is 9.84. The summed E-state index contributed by atoms with van der Waals surface area (Å²) in [4.78, 5) is 23.0. The van der Waals surface area contributed by atoms with Crippen molar-refractivity contribution in [1.82, 2.24) is 14.4 Å². The summed E-state index contributed by atoms with van der Waals surface area (Å²) in [6, 6.07) is 7.17. The number of anilines is 1. The number of benzene rings is 1. The minimum atomic E-state index is -0.122. The van der Waals surface area contributed by atoms with Crippen LogP contribution < -0.4 is 24.7 Å². The molecule has 0 saturated carbocycles. The molecule has 0 bridgehead atoms. The lowest BCUT2D eigenvalue weighted by atomic mass is 10.1. The van der Waals surface area contributed by atoms with Crippen molar-refractivity contribution in [3.05, 3.63) is 52.6 Å². The highest BCUT2D eigenvalue weighted by molar-refractivity contribution is 5.51.